The highest BCUT2D eigenvalue weighted by Crippen LogP contribution is 2.24. The number of nitrogens with zero attached hydrogens (tertiary/aromatic N) is 4. The number of nitrogens with one attached hydrogen (secondary N) is 2. The van der Waals surface area contributed by atoms with Crippen LogP contribution in [0.15, 0.2) is 65.5 Å². The maximum Gasteiger partial charge on any atom is 0.348 e. The minimum absolute atomic E-state index is 0.0972. The van der Waals surface area contributed by atoms with Gasteiger partial charge < -0.3 is 4.90 Å². The van der Waals surface area contributed by atoms with Crippen molar-refractivity contribution < 1.29 is 9.18 Å². The number of piperidine rings is 1. The van der Waals surface area contributed by atoms with Gasteiger partial charge in [0.05, 0.1) is 11.4 Å². The summed E-state index contributed by atoms with van der Waals surface area (Å²) in [6.07, 6.45) is 2.18. The number of amides is 1. The van der Waals surface area contributed by atoms with Crippen LogP contribution in [0, 0.1) is 11.7 Å². The minimum Gasteiger partial charge on any atom is -0.337 e. The van der Waals surface area contributed by atoms with E-state index in [4.69, 9.17) is 0 Å². The predicted octanol–water partition coefficient (Wildman–Crippen LogP) is 3.18. The van der Waals surface area contributed by atoms with E-state index in [1.165, 1.54) is 10.6 Å². The first-order valence-electron chi connectivity index (χ1n) is 10.9. The monoisotopic (exact) mass is 446 g/mol. The van der Waals surface area contributed by atoms with Gasteiger partial charge in [-0.1, -0.05) is 42.5 Å². The number of aromatic amines is 2. The molecule has 1 aliphatic rings. The topological polar surface area (TPSA) is 99.7 Å². The first-order chi connectivity index (χ1) is 16.1. The third-order valence-corrected chi connectivity index (χ3v) is 5.99. The van der Waals surface area contributed by atoms with Crippen molar-refractivity contribution in [1.29, 1.82) is 0 Å². The van der Waals surface area contributed by atoms with E-state index >= 15 is 0 Å². The second-order valence-corrected chi connectivity index (χ2v) is 8.23. The van der Waals surface area contributed by atoms with E-state index in [1.807, 2.05) is 30.3 Å². The largest absolute Gasteiger partial charge is 0.348 e. The Kier molecular flexibility index (Phi) is 5.60. The highest BCUT2D eigenvalue weighted by molar-refractivity contribution is 5.93. The van der Waals surface area contributed by atoms with Crippen molar-refractivity contribution in [3.05, 3.63) is 88.5 Å². The second-order valence-electron chi connectivity index (χ2n) is 8.23. The lowest BCUT2D eigenvalue weighted by atomic mass is 9.94. The Hall–Kier alpha value is -4.01. The van der Waals surface area contributed by atoms with Crippen LogP contribution in [0.2, 0.25) is 0 Å². The van der Waals surface area contributed by atoms with Crippen molar-refractivity contribution >= 4 is 5.91 Å². The number of aromatic nitrogens is 5. The van der Waals surface area contributed by atoms with Crippen LogP contribution in [-0.4, -0.2) is 48.9 Å². The fourth-order valence-corrected chi connectivity index (χ4v) is 4.38. The van der Waals surface area contributed by atoms with Crippen LogP contribution >= 0.6 is 0 Å². The van der Waals surface area contributed by atoms with Crippen LogP contribution in [0.25, 0.3) is 16.9 Å². The van der Waals surface area contributed by atoms with Crippen LogP contribution in [-0.2, 0) is 6.42 Å². The van der Waals surface area contributed by atoms with Crippen molar-refractivity contribution in [3.8, 4) is 16.9 Å². The number of hydrogen-bond donors (Lipinski definition) is 2. The zero-order valence-electron chi connectivity index (χ0n) is 17.9. The molecule has 0 aliphatic carbocycles. The van der Waals surface area contributed by atoms with Gasteiger partial charge in [0.25, 0.3) is 5.91 Å². The normalized spacial score (nSPS) is 16.2. The Morgan fingerprint density at radius 3 is 2.67 bits per heavy atom. The highest BCUT2D eigenvalue weighted by atomic mass is 19.1. The van der Waals surface area contributed by atoms with Gasteiger partial charge in [0.15, 0.2) is 0 Å². The van der Waals surface area contributed by atoms with Crippen LogP contribution < -0.4 is 5.69 Å². The summed E-state index contributed by atoms with van der Waals surface area (Å²) in [6, 6.07) is 17.6. The summed E-state index contributed by atoms with van der Waals surface area (Å²) in [5.74, 6) is -0.0451. The zero-order valence-corrected chi connectivity index (χ0v) is 17.9. The summed E-state index contributed by atoms with van der Waals surface area (Å²) < 4.78 is 15.6. The van der Waals surface area contributed by atoms with Crippen molar-refractivity contribution in [3.63, 3.8) is 0 Å². The van der Waals surface area contributed by atoms with Gasteiger partial charge in [0, 0.05) is 25.1 Å². The summed E-state index contributed by atoms with van der Waals surface area (Å²) >= 11 is 0. The van der Waals surface area contributed by atoms with Crippen molar-refractivity contribution in [2.75, 3.05) is 13.1 Å². The molecular weight excluding hydrogens is 423 g/mol. The molecule has 5 rings (SSSR count). The molecule has 1 atom stereocenters. The number of hydrogen-bond acceptors (Lipinski definition) is 4. The van der Waals surface area contributed by atoms with Crippen molar-refractivity contribution in [2.45, 2.75) is 19.3 Å². The molecule has 8 nitrogen and oxygen atoms in total. The Morgan fingerprint density at radius 1 is 1.06 bits per heavy atom. The first-order valence-corrected chi connectivity index (χ1v) is 10.9. The Balaban J connectivity index is 1.32. The molecule has 3 heterocycles. The van der Waals surface area contributed by atoms with Crippen LogP contribution in [0.3, 0.4) is 0 Å². The Morgan fingerprint density at radius 2 is 1.85 bits per heavy atom. The second kappa shape index (κ2) is 8.85. The fraction of sp³-hybridized carbons (Fsp3) is 0.250. The molecule has 9 heteroatoms. The maximum atomic E-state index is 14.3. The fourth-order valence-electron chi connectivity index (χ4n) is 4.38. The quantitative estimate of drug-likeness (QED) is 0.492. The van der Waals surface area contributed by atoms with E-state index < -0.39 is 11.5 Å². The van der Waals surface area contributed by atoms with Crippen LogP contribution in [0.4, 0.5) is 4.39 Å². The number of H-pyrrole nitrogens is 2. The number of carbonyl (C=O) groups is 1. The molecule has 0 bridgehead atoms. The third-order valence-electron chi connectivity index (χ3n) is 5.99. The van der Waals surface area contributed by atoms with E-state index in [2.05, 4.69) is 20.4 Å². The molecule has 0 saturated carbocycles. The van der Waals surface area contributed by atoms with Crippen LogP contribution in [0.5, 0.6) is 0 Å². The van der Waals surface area contributed by atoms with Gasteiger partial charge in [-0.05, 0) is 37.0 Å². The molecule has 1 saturated heterocycles. The van der Waals surface area contributed by atoms with E-state index in [1.54, 1.807) is 29.2 Å². The van der Waals surface area contributed by atoms with Crippen molar-refractivity contribution in [2.24, 2.45) is 5.92 Å². The molecule has 168 valence electrons. The van der Waals surface area contributed by atoms with E-state index in [0.29, 0.717) is 31.0 Å². The summed E-state index contributed by atoms with van der Waals surface area (Å²) in [7, 11) is 0. The summed E-state index contributed by atoms with van der Waals surface area (Å²) in [4.78, 5) is 27.2. The molecule has 2 N–H and O–H groups in total. The highest BCUT2D eigenvalue weighted by Gasteiger charge is 2.27. The number of rotatable bonds is 5. The lowest BCUT2D eigenvalue weighted by Gasteiger charge is -2.32. The average molecular weight is 446 g/mol. The SMILES string of the molecule is O=C(c1cc(-c2ccccc2)n[nH]1)N1CCC[C@H](Cc2n[nH]c(=O)n2-c2ccccc2F)C1. The maximum absolute atomic E-state index is 14.3. The van der Waals surface area contributed by atoms with E-state index in [0.717, 1.165) is 24.1 Å². The van der Waals surface area contributed by atoms with Crippen LogP contribution in [0.1, 0.15) is 29.2 Å². The molecule has 0 spiro atoms. The number of benzene rings is 2. The van der Waals surface area contributed by atoms with Gasteiger partial charge in [0.1, 0.15) is 17.3 Å². The number of likely N-dealkylation sites (tertiary alicyclic amines) is 1. The number of para-hydroxylation sites is 1. The third kappa shape index (κ3) is 4.21. The molecule has 0 radical (unpaired) electrons. The molecule has 1 amide bonds. The smallest absolute Gasteiger partial charge is 0.337 e. The molecule has 2 aromatic carbocycles. The lowest BCUT2D eigenvalue weighted by Crippen LogP contribution is -2.41. The molecule has 2 aromatic heterocycles. The van der Waals surface area contributed by atoms with Gasteiger partial charge in [0.2, 0.25) is 0 Å². The van der Waals surface area contributed by atoms with Crippen molar-refractivity contribution in [1.82, 2.24) is 29.9 Å². The predicted molar refractivity (Wildman–Crippen MR) is 120 cm³/mol. The molecular formula is C24H23FN6O2. The molecule has 33 heavy (non-hydrogen) atoms. The van der Waals surface area contributed by atoms with Gasteiger partial charge in [-0.15, -0.1) is 0 Å². The molecule has 0 unspecified atom stereocenters. The van der Waals surface area contributed by atoms with Gasteiger partial charge in [-0.2, -0.15) is 10.2 Å². The standard InChI is InChI=1S/C24H23FN6O2/c25-18-10-4-5-11-21(18)31-22(28-29-24(31)33)13-16-7-6-12-30(15-16)23(32)20-14-19(26-27-20)17-8-2-1-3-9-17/h1-5,8-11,14,16H,6-7,12-13,15H2,(H,26,27)(H,29,33)/t16-/m1/s1. The Labute approximate surface area is 189 Å². The van der Waals surface area contributed by atoms with E-state index in [-0.39, 0.29) is 17.5 Å². The Bertz CT molecular complexity index is 1330. The average Bonchev–Trinajstić information content (AvgIpc) is 3.47. The summed E-state index contributed by atoms with van der Waals surface area (Å²) in [5.41, 5.74) is 1.79. The lowest BCUT2D eigenvalue weighted by molar-refractivity contribution is 0.0666. The molecule has 4 aromatic rings. The summed E-state index contributed by atoms with van der Waals surface area (Å²) in [5, 5.41) is 13.7. The van der Waals surface area contributed by atoms with Gasteiger partial charge >= 0.3 is 5.69 Å². The zero-order chi connectivity index (χ0) is 22.8. The summed E-state index contributed by atoms with van der Waals surface area (Å²) in [6.45, 7) is 1.17. The molecule has 1 fully saturated rings. The first kappa shape index (κ1) is 20.9. The number of halogens is 1. The van der Waals surface area contributed by atoms with E-state index in [9.17, 15) is 14.0 Å². The molecule has 1 aliphatic heterocycles. The van der Waals surface area contributed by atoms with Gasteiger partial charge in [-0.3, -0.25) is 9.89 Å². The van der Waals surface area contributed by atoms with Gasteiger partial charge in [-0.25, -0.2) is 18.9 Å². The number of carbonyl (C=O) groups excluding carboxylic acids is 1. The minimum atomic E-state index is -0.490.